The maximum Gasteiger partial charge on any atom is 0.162 e. The zero-order chi connectivity index (χ0) is 9.97. The molecule has 2 saturated heterocycles. The second-order valence-electron chi connectivity index (χ2n) is 4.08. The van der Waals surface area contributed by atoms with Gasteiger partial charge < -0.3 is 19.5 Å². The van der Waals surface area contributed by atoms with Gasteiger partial charge in [-0.1, -0.05) is 6.92 Å². The van der Waals surface area contributed by atoms with Crippen molar-refractivity contribution >= 4 is 0 Å². The highest BCUT2D eigenvalue weighted by molar-refractivity contribution is 4.80. The molecule has 0 amide bonds. The molecule has 2 heterocycles. The van der Waals surface area contributed by atoms with E-state index in [-0.39, 0.29) is 19.0 Å². The van der Waals surface area contributed by atoms with E-state index in [2.05, 4.69) is 11.8 Å². The van der Waals surface area contributed by atoms with Gasteiger partial charge in [-0.25, -0.2) is 0 Å². The predicted molar refractivity (Wildman–Crippen MR) is 51.9 cm³/mol. The van der Waals surface area contributed by atoms with E-state index in [0.29, 0.717) is 12.5 Å². The van der Waals surface area contributed by atoms with Crippen LogP contribution in [0.4, 0.5) is 0 Å². The van der Waals surface area contributed by atoms with Crippen LogP contribution in [-0.4, -0.2) is 55.2 Å². The fourth-order valence-corrected chi connectivity index (χ4v) is 2.19. The van der Waals surface area contributed by atoms with Gasteiger partial charge >= 0.3 is 0 Å². The molecule has 2 aliphatic rings. The molecule has 82 valence electrons. The SMILES string of the molecule is CCN1CCC(C2OCC(CO)O2)C1. The number of hydrogen-bond donors (Lipinski definition) is 1. The zero-order valence-electron chi connectivity index (χ0n) is 8.69. The van der Waals surface area contributed by atoms with E-state index in [1.54, 1.807) is 0 Å². The normalized spacial score (nSPS) is 39.4. The lowest BCUT2D eigenvalue weighted by atomic mass is 10.1. The third kappa shape index (κ3) is 2.08. The molecule has 2 rings (SSSR count). The maximum absolute atomic E-state index is 8.91. The Morgan fingerprint density at radius 3 is 2.93 bits per heavy atom. The average Bonchev–Trinajstić information content (AvgIpc) is 2.86. The summed E-state index contributed by atoms with van der Waals surface area (Å²) in [6.45, 7) is 6.11. The topological polar surface area (TPSA) is 41.9 Å². The number of likely N-dealkylation sites (tertiary alicyclic amines) is 1. The largest absolute Gasteiger partial charge is 0.394 e. The van der Waals surface area contributed by atoms with Crippen LogP contribution < -0.4 is 0 Å². The Morgan fingerprint density at radius 1 is 1.50 bits per heavy atom. The minimum atomic E-state index is -0.101. The van der Waals surface area contributed by atoms with E-state index >= 15 is 0 Å². The second-order valence-corrected chi connectivity index (χ2v) is 4.08. The number of aliphatic hydroxyl groups is 1. The minimum Gasteiger partial charge on any atom is -0.394 e. The summed E-state index contributed by atoms with van der Waals surface area (Å²) in [6.07, 6.45) is 0.968. The van der Waals surface area contributed by atoms with Crippen molar-refractivity contribution in [2.24, 2.45) is 5.92 Å². The van der Waals surface area contributed by atoms with E-state index in [1.165, 1.54) is 0 Å². The van der Waals surface area contributed by atoms with Crippen molar-refractivity contribution in [1.29, 1.82) is 0 Å². The fourth-order valence-electron chi connectivity index (χ4n) is 2.19. The van der Waals surface area contributed by atoms with Crippen LogP contribution in [0, 0.1) is 5.92 Å². The van der Waals surface area contributed by atoms with Crippen molar-refractivity contribution in [3.05, 3.63) is 0 Å². The van der Waals surface area contributed by atoms with Crippen LogP contribution in [0.1, 0.15) is 13.3 Å². The van der Waals surface area contributed by atoms with Crippen molar-refractivity contribution in [3.63, 3.8) is 0 Å². The molecule has 4 heteroatoms. The van der Waals surface area contributed by atoms with E-state index in [0.717, 1.165) is 26.1 Å². The Kier molecular flexibility index (Phi) is 3.38. The lowest BCUT2D eigenvalue weighted by molar-refractivity contribution is -0.0984. The summed E-state index contributed by atoms with van der Waals surface area (Å²) in [6, 6.07) is 0. The smallest absolute Gasteiger partial charge is 0.162 e. The highest BCUT2D eigenvalue weighted by Crippen LogP contribution is 2.26. The van der Waals surface area contributed by atoms with Crippen molar-refractivity contribution in [3.8, 4) is 0 Å². The Morgan fingerprint density at radius 2 is 2.36 bits per heavy atom. The number of ether oxygens (including phenoxy) is 2. The molecule has 0 aliphatic carbocycles. The molecule has 0 aromatic carbocycles. The molecular formula is C10H19NO3. The number of hydrogen-bond acceptors (Lipinski definition) is 4. The van der Waals surface area contributed by atoms with Crippen molar-refractivity contribution in [1.82, 2.24) is 4.90 Å². The first-order valence-electron chi connectivity index (χ1n) is 5.43. The second kappa shape index (κ2) is 4.57. The van der Waals surface area contributed by atoms with Crippen molar-refractivity contribution < 1.29 is 14.6 Å². The Balaban J connectivity index is 1.80. The van der Waals surface area contributed by atoms with Crippen LogP contribution in [0.5, 0.6) is 0 Å². The highest BCUT2D eigenvalue weighted by Gasteiger charge is 2.35. The van der Waals surface area contributed by atoms with Crippen LogP contribution in [0.3, 0.4) is 0 Å². The van der Waals surface area contributed by atoms with Crippen LogP contribution in [-0.2, 0) is 9.47 Å². The monoisotopic (exact) mass is 201 g/mol. The average molecular weight is 201 g/mol. The van der Waals surface area contributed by atoms with Crippen LogP contribution in [0.15, 0.2) is 0 Å². The van der Waals surface area contributed by atoms with Crippen LogP contribution in [0.2, 0.25) is 0 Å². The van der Waals surface area contributed by atoms with Gasteiger partial charge in [-0.2, -0.15) is 0 Å². The molecule has 0 aromatic heterocycles. The molecule has 14 heavy (non-hydrogen) atoms. The van der Waals surface area contributed by atoms with Crippen LogP contribution >= 0.6 is 0 Å². The van der Waals surface area contributed by atoms with Gasteiger partial charge in [0.05, 0.1) is 13.2 Å². The predicted octanol–water partition coefficient (Wildman–Crippen LogP) is 0.0620. The first kappa shape index (κ1) is 10.4. The van der Waals surface area contributed by atoms with E-state index in [9.17, 15) is 0 Å². The Labute approximate surface area is 84.8 Å². The lowest BCUT2D eigenvalue weighted by Crippen LogP contribution is -2.27. The van der Waals surface area contributed by atoms with E-state index in [4.69, 9.17) is 14.6 Å². The third-order valence-corrected chi connectivity index (χ3v) is 3.12. The lowest BCUT2D eigenvalue weighted by Gasteiger charge is -2.18. The molecule has 0 radical (unpaired) electrons. The number of nitrogens with zero attached hydrogens (tertiary/aromatic N) is 1. The summed E-state index contributed by atoms with van der Waals surface area (Å²) in [5.41, 5.74) is 0. The molecular weight excluding hydrogens is 182 g/mol. The highest BCUT2D eigenvalue weighted by atomic mass is 16.7. The fraction of sp³-hybridized carbons (Fsp3) is 1.00. The summed E-state index contributed by atoms with van der Waals surface area (Å²) in [4.78, 5) is 2.41. The summed E-state index contributed by atoms with van der Waals surface area (Å²) in [5.74, 6) is 0.492. The number of rotatable bonds is 3. The number of aliphatic hydroxyl groups excluding tert-OH is 1. The van der Waals surface area contributed by atoms with Crippen LogP contribution in [0.25, 0.3) is 0 Å². The first-order chi connectivity index (χ1) is 6.83. The van der Waals surface area contributed by atoms with E-state index < -0.39 is 0 Å². The molecule has 0 aromatic rings. The molecule has 4 nitrogen and oxygen atoms in total. The maximum atomic E-state index is 8.91. The summed E-state index contributed by atoms with van der Waals surface area (Å²) >= 11 is 0. The zero-order valence-corrected chi connectivity index (χ0v) is 8.69. The Bertz CT molecular complexity index is 168. The van der Waals surface area contributed by atoms with Gasteiger partial charge in [0.25, 0.3) is 0 Å². The standard InChI is InChI=1S/C10H19NO3/c1-2-11-4-3-8(5-11)10-13-7-9(6-12)14-10/h8-10,12H,2-7H2,1H3. The quantitative estimate of drug-likeness (QED) is 0.701. The van der Waals surface area contributed by atoms with Gasteiger partial charge in [-0.3, -0.25) is 0 Å². The summed E-state index contributed by atoms with van der Waals surface area (Å²) < 4.78 is 11.1. The van der Waals surface area contributed by atoms with Gasteiger partial charge in [0.2, 0.25) is 0 Å². The van der Waals surface area contributed by atoms with Crippen molar-refractivity contribution in [2.45, 2.75) is 25.7 Å². The summed E-state index contributed by atoms with van der Waals surface area (Å²) in [7, 11) is 0. The van der Waals surface area contributed by atoms with Gasteiger partial charge in [0, 0.05) is 12.5 Å². The first-order valence-corrected chi connectivity index (χ1v) is 5.43. The van der Waals surface area contributed by atoms with Gasteiger partial charge in [0.1, 0.15) is 6.10 Å². The van der Waals surface area contributed by atoms with Gasteiger partial charge in [0.15, 0.2) is 6.29 Å². The molecule has 0 bridgehead atoms. The van der Waals surface area contributed by atoms with Crippen molar-refractivity contribution in [2.75, 3.05) is 32.8 Å². The third-order valence-electron chi connectivity index (χ3n) is 3.12. The molecule has 2 fully saturated rings. The van der Waals surface area contributed by atoms with Gasteiger partial charge in [-0.05, 0) is 19.5 Å². The molecule has 1 N–H and O–H groups in total. The molecule has 2 aliphatic heterocycles. The molecule has 3 unspecified atom stereocenters. The molecule has 0 saturated carbocycles. The van der Waals surface area contributed by atoms with E-state index in [1.807, 2.05) is 0 Å². The minimum absolute atomic E-state index is 0.0702. The Hall–Kier alpha value is -0.160. The molecule has 0 spiro atoms. The summed E-state index contributed by atoms with van der Waals surface area (Å²) in [5, 5.41) is 8.91. The molecule has 3 atom stereocenters. The van der Waals surface area contributed by atoms with Gasteiger partial charge in [-0.15, -0.1) is 0 Å².